The van der Waals surface area contributed by atoms with Crippen LogP contribution in [-0.2, 0) is 16.2 Å². The Bertz CT molecular complexity index is 972. The Kier molecular flexibility index (Phi) is 6.79. The first-order chi connectivity index (χ1) is 12.9. The predicted octanol–water partition coefficient (Wildman–Crippen LogP) is 4.09. The Morgan fingerprint density at radius 2 is 1.75 bits per heavy atom. The number of aryl methyl sites for hydroxylation is 1. The molecule has 0 heterocycles. The first-order valence-corrected chi connectivity index (χ1v) is 10.5. The zero-order chi connectivity index (χ0) is 21.1. The van der Waals surface area contributed by atoms with Crippen molar-refractivity contribution >= 4 is 27.8 Å². The number of alkyl halides is 3. The molecule has 0 saturated heterocycles. The Balaban J connectivity index is 2.00. The van der Waals surface area contributed by atoms with E-state index in [1.165, 1.54) is 30.0 Å². The fraction of sp³-hybridized carbons (Fsp3) is 0.278. The summed E-state index contributed by atoms with van der Waals surface area (Å²) >= 11 is 1.20. The summed E-state index contributed by atoms with van der Waals surface area (Å²) in [5.41, 5.74) is 0.199. The summed E-state index contributed by atoms with van der Waals surface area (Å²) in [6, 6.07) is 7.09. The smallest absolute Gasteiger partial charge is 0.416 e. The van der Waals surface area contributed by atoms with E-state index < -0.39 is 27.7 Å². The quantitative estimate of drug-likeness (QED) is 0.508. The third-order valence-electron chi connectivity index (χ3n) is 4.03. The lowest BCUT2D eigenvalue weighted by molar-refractivity contribution is -0.137. The molecule has 2 aromatic rings. The number of hydrogen-bond donors (Lipinski definition) is 2. The highest BCUT2D eigenvalue weighted by molar-refractivity contribution is 7.99. The average molecular weight is 433 g/mol. The number of rotatable bonds is 7. The van der Waals surface area contributed by atoms with Crippen molar-refractivity contribution in [3.05, 3.63) is 58.7 Å². The van der Waals surface area contributed by atoms with Crippen LogP contribution in [0.4, 0.5) is 13.2 Å². The van der Waals surface area contributed by atoms with Gasteiger partial charge in [-0.2, -0.15) is 13.2 Å². The van der Waals surface area contributed by atoms with Crippen molar-refractivity contribution < 1.29 is 31.5 Å². The molecule has 0 spiro atoms. The van der Waals surface area contributed by atoms with E-state index in [-0.39, 0.29) is 17.0 Å². The van der Waals surface area contributed by atoms with Gasteiger partial charge in [-0.25, -0.2) is 17.9 Å². The van der Waals surface area contributed by atoms with E-state index in [0.717, 1.165) is 18.2 Å². The molecule has 0 aliphatic carbocycles. The Hall–Kier alpha value is -2.04. The van der Waals surface area contributed by atoms with Crippen molar-refractivity contribution in [3.63, 3.8) is 0 Å². The van der Waals surface area contributed by atoms with Crippen molar-refractivity contribution in [1.29, 1.82) is 0 Å². The monoisotopic (exact) mass is 433 g/mol. The van der Waals surface area contributed by atoms with E-state index in [0.29, 0.717) is 21.8 Å². The summed E-state index contributed by atoms with van der Waals surface area (Å²) < 4.78 is 64.8. The topological polar surface area (TPSA) is 83.5 Å². The van der Waals surface area contributed by atoms with Gasteiger partial charge in [0.25, 0.3) is 0 Å². The molecule has 0 amide bonds. The first-order valence-electron chi connectivity index (χ1n) is 8.06. The van der Waals surface area contributed by atoms with Gasteiger partial charge in [0.2, 0.25) is 10.0 Å². The molecule has 5 nitrogen and oxygen atoms in total. The van der Waals surface area contributed by atoms with Gasteiger partial charge in [-0.3, -0.25) is 0 Å². The van der Waals surface area contributed by atoms with E-state index in [1.807, 2.05) is 0 Å². The second-order valence-corrected chi connectivity index (χ2v) is 8.92. The predicted molar refractivity (Wildman–Crippen MR) is 100 cm³/mol. The lowest BCUT2D eigenvalue weighted by Gasteiger charge is -2.11. The minimum atomic E-state index is -4.40. The van der Waals surface area contributed by atoms with Crippen molar-refractivity contribution in [3.8, 4) is 0 Å². The van der Waals surface area contributed by atoms with Gasteiger partial charge in [-0.1, -0.05) is 0 Å². The van der Waals surface area contributed by atoms with Gasteiger partial charge in [0, 0.05) is 17.2 Å². The molecule has 0 unspecified atom stereocenters. The van der Waals surface area contributed by atoms with Crippen LogP contribution in [0.2, 0.25) is 0 Å². The summed E-state index contributed by atoms with van der Waals surface area (Å²) in [5.74, 6) is -0.920. The van der Waals surface area contributed by atoms with Crippen LogP contribution in [0.5, 0.6) is 0 Å². The molecule has 0 bridgehead atoms. The van der Waals surface area contributed by atoms with Gasteiger partial charge in [0.15, 0.2) is 0 Å². The number of sulfonamides is 1. The molecular formula is C18H18F3NO4S2. The molecule has 28 heavy (non-hydrogen) atoms. The zero-order valence-corrected chi connectivity index (χ0v) is 16.6. The molecule has 2 N–H and O–H groups in total. The van der Waals surface area contributed by atoms with E-state index in [2.05, 4.69) is 4.72 Å². The van der Waals surface area contributed by atoms with Crippen LogP contribution in [0, 0.1) is 13.8 Å². The molecule has 2 rings (SSSR count). The summed E-state index contributed by atoms with van der Waals surface area (Å²) in [6.45, 7) is 3.26. The van der Waals surface area contributed by atoms with Gasteiger partial charge in [-0.15, -0.1) is 11.8 Å². The lowest BCUT2D eigenvalue weighted by Crippen LogP contribution is -2.26. The van der Waals surface area contributed by atoms with Gasteiger partial charge in [-0.05, 0) is 61.4 Å². The van der Waals surface area contributed by atoms with Gasteiger partial charge >= 0.3 is 12.1 Å². The van der Waals surface area contributed by atoms with Crippen molar-refractivity contribution in [2.24, 2.45) is 0 Å². The number of carboxylic acids is 1. The number of hydrogen-bond acceptors (Lipinski definition) is 4. The van der Waals surface area contributed by atoms with Gasteiger partial charge in [0.1, 0.15) is 0 Å². The molecule has 152 valence electrons. The van der Waals surface area contributed by atoms with Crippen molar-refractivity contribution in [2.75, 3.05) is 12.3 Å². The van der Waals surface area contributed by atoms with Crippen molar-refractivity contribution in [1.82, 2.24) is 4.72 Å². The molecule has 0 fully saturated rings. The molecule has 0 aliphatic heterocycles. The minimum Gasteiger partial charge on any atom is -0.478 e. The fourth-order valence-corrected chi connectivity index (χ4v) is 4.41. The number of thioether (sulfide) groups is 1. The largest absolute Gasteiger partial charge is 0.478 e. The fourth-order valence-electron chi connectivity index (χ4n) is 2.37. The van der Waals surface area contributed by atoms with Crippen LogP contribution >= 0.6 is 11.8 Å². The molecule has 0 saturated carbocycles. The molecule has 0 radical (unpaired) electrons. The van der Waals surface area contributed by atoms with E-state index in [9.17, 15) is 31.5 Å². The maximum Gasteiger partial charge on any atom is 0.416 e. The summed E-state index contributed by atoms with van der Waals surface area (Å²) in [5, 5.41) is 9.20. The molecule has 0 aliphatic rings. The molecule has 0 atom stereocenters. The number of benzene rings is 2. The number of halogens is 3. The SMILES string of the molecule is Cc1cc(S(=O)(=O)NCCSc2ccc(C(F)(F)F)cc2)cc(C(=O)O)c1C. The highest BCUT2D eigenvalue weighted by Crippen LogP contribution is 2.30. The van der Waals surface area contributed by atoms with Gasteiger partial charge in [0.05, 0.1) is 16.0 Å². The summed E-state index contributed by atoms with van der Waals surface area (Å²) in [7, 11) is -3.91. The Morgan fingerprint density at radius 3 is 2.29 bits per heavy atom. The van der Waals surface area contributed by atoms with Crippen LogP contribution in [-0.4, -0.2) is 31.8 Å². The maximum absolute atomic E-state index is 12.5. The van der Waals surface area contributed by atoms with E-state index in [4.69, 9.17) is 0 Å². The average Bonchev–Trinajstić information content (AvgIpc) is 2.60. The number of carbonyl (C=O) groups is 1. The van der Waals surface area contributed by atoms with E-state index in [1.54, 1.807) is 13.8 Å². The molecule has 10 heteroatoms. The highest BCUT2D eigenvalue weighted by Gasteiger charge is 2.29. The second kappa shape index (κ2) is 8.54. The van der Waals surface area contributed by atoms with Crippen LogP contribution in [0.1, 0.15) is 27.0 Å². The first kappa shape index (κ1) is 22.3. The van der Waals surface area contributed by atoms with Crippen LogP contribution < -0.4 is 4.72 Å². The van der Waals surface area contributed by atoms with Crippen LogP contribution in [0.3, 0.4) is 0 Å². The summed E-state index contributed by atoms with van der Waals surface area (Å²) in [4.78, 5) is 11.7. The number of nitrogens with one attached hydrogen (secondary N) is 1. The third-order valence-corrected chi connectivity index (χ3v) is 6.48. The third kappa shape index (κ3) is 5.49. The Labute approximate surface area is 165 Å². The maximum atomic E-state index is 12.5. The van der Waals surface area contributed by atoms with E-state index >= 15 is 0 Å². The van der Waals surface area contributed by atoms with Gasteiger partial charge < -0.3 is 5.11 Å². The lowest BCUT2D eigenvalue weighted by atomic mass is 10.0. The number of aromatic carboxylic acids is 1. The van der Waals surface area contributed by atoms with Crippen molar-refractivity contribution in [2.45, 2.75) is 29.8 Å². The van der Waals surface area contributed by atoms with Crippen LogP contribution in [0.25, 0.3) is 0 Å². The number of carboxylic acid groups (broad SMARTS) is 1. The van der Waals surface area contributed by atoms with Crippen LogP contribution in [0.15, 0.2) is 46.2 Å². The second-order valence-electron chi connectivity index (χ2n) is 5.99. The normalized spacial score (nSPS) is 12.2. The molecule has 2 aromatic carbocycles. The Morgan fingerprint density at radius 1 is 1.14 bits per heavy atom. The molecular weight excluding hydrogens is 415 g/mol. The summed E-state index contributed by atoms with van der Waals surface area (Å²) in [6.07, 6.45) is -4.40. The molecule has 0 aromatic heterocycles. The minimum absolute atomic E-state index is 0.0311. The standard InChI is InChI=1S/C18H18F3NO4S2/c1-11-9-15(10-16(12(11)2)17(23)24)28(25,26)22-7-8-27-14-5-3-13(4-6-14)18(19,20)21/h3-6,9-10,22H,7-8H2,1-2H3,(H,23,24). The zero-order valence-electron chi connectivity index (χ0n) is 15.0. The highest BCUT2D eigenvalue weighted by atomic mass is 32.2.